The van der Waals surface area contributed by atoms with Crippen LogP contribution in [-0.2, 0) is 10.0 Å². The highest BCUT2D eigenvalue weighted by Gasteiger charge is 2.20. The van der Waals surface area contributed by atoms with Crippen molar-refractivity contribution < 1.29 is 17.6 Å². The van der Waals surface area contributed by atoms with E-state index in [4.69, 9.17) is 14.1 Å². The lowest BCUT2D eigenvalue weighted by molar-refractivity contribution is 0.480. The molecule has 0 amide bonds. The topological polar surface area (TPSA) is 131 Å². The van der Waals surface area contributed by atoms with E-state index < -0.39 is 10.0 Å². The fraction of sp³-hybridized carbons (Fsp3) is 0. The van der Waals surface area contributed by atoms with E-state index in [1.807, 2.05) is 18.2 Å². The minimum absolute atomic E-state index is 0.0448. The van der Waals surface area contributed by atoms with Crippen molar-refractivity contribution in [2.45, 2.75) is 4.90 Å². The van der Waals surface area contributed by atoms with E-state index >= 15 is 0 Å². The van der Waals surface area contributed by atoms with E-state index in [-0.39, 0.29) is 21.3 Å². The normalized spacial score (nSPS) is 11.1. The van der Waals surface area contributed by atoms with E-state index in [0.717, 1.165) is 16.9 Å². The summed E-state index contributed by atoms with van der Waals surface area (Å²) in [4.78, 5) is 12.6. The van der Waals surface area contributed by atoms with Crippen LogP contribution in [-0.4, -0.2) is 23.4 Å². The van der Waals surface area contributed by atoms with Gasteiger partial charge in [0, 0.05) is 35.1 Å². The van der Waals surface area contributed by atoms with Crippen LogP contribution in [0, 0.1) is 11.3 Å². The van der Waals surface area contributed by atoms with Crippen LogP contribution in [0.1, 0.15) is 5.56 Å². The number of ether oxygens (including phenoxy) is 1. The fourth-order valence-electron chi connectivity index (χ4n) is 3.24. The first-order valence-corrected chi connectivity index (χ1v) is 12.5. The summed E-state index contributed by atoms with van der Waals surface area (Å²) in [5, 5.41) is 11.6. The van der Waals surface area contributed by atoms with Crippen molar-refractivity contribution in [2.24, 2.45) is 0 Å². The zero-order valence-corrected chi connectivity index (χ0v) is 19.5. The second-order valence-corrected chi connectivity index (χ2v) is 9.68. The number of hydrogen-bond acceptors (Lipinski definition) is 9. The average Bonchev–Trinajstić information content (AvgIpc) is 3.59. The zero-order valence-electron chi connectivity index (χ0n) is 17.8. The van der Waals surface area contributed by atoms with Crippen LogP contribution in [0.3, 0.4) is 0 Å². The largest absolute Gasteiger partial charge is 0.472 e. The van der Waals surface area contributed by atoms with Crippen molar-refractivity contribution in [2.75, 3.05) is 4.72 Å². The van der Waals surface area contributed by atoms with Gasteiger partial charge >= 0.3 is 0 Å². The molecular weight excluding hydrogens is 486 g/mol. The summed E-state index contributed by atoms with van der Waals surface area (Å²) >= 11 is 1.15. The molecule has 0 aliphatic carbocycles. The molecule has 0 aliphatic rings. The second-order valence-electron chi connectivity index (χ2n) is 7.11. The number of nitrogens with zero attached hydrogens (tertiary/aromatic N) is 4. The Morgan fingerprint density at radius 1 is 1.00 bits per heavy atom. The maximum atomic E-state index is 12.7. The van der Waals surface area contributed by atoms with Gasteiger partial charge in [-0.2, -0.15) is 5.26 Å². The van der Waals surface area contributed by atoms with Crippen molar-refractivity contribution in [1.29, 1.82) is 5.26 Å². The lowest BCUT2D eigenvalue weighted by Gasteiger charge is -2.13. The maximum absolute atomic E-state index is 12.7. The lowest BCUT2D eigenvalue weighted by Crippen LogP contribution is -2.13. The minimum Gasteiger partial charge on any atom is -0.472 e. The lowest BCUT2D eigenvalue weighted by atomic mass is 10.1. The van der Waals surface area contributed by atoms with Crippen molar-refractivity contribution in [3.8, 4) is 40.1 Å². The summed E-state index contributed by atoms with van der Waals surface area (Å²) in [7, 11) is -3.92. The van der Waals surface area contributed by atoms with Gasteiger partial charge in [0.1, 0.15) is 17.5 Å². The molecule has 0 fully saturated rings. The molecule has 1 aromatic carbocycles. The van der Waals surface area contributed by atoms with Crippen LogP contribution in [0.5, 0.6) is 11.5 Å². The van der Waals surface area contributed by atoms with Gasteiger partial charge in [-0.25, -0.2) is 18.4 Å². The van der Waals surface area contributed by atoms with Gasteiger partial charge in [0.2, 0.25) is 0 Å². The monoisotopic (exact) mass is 501 g/mol. The van der Waals surface area contributed by atoms with Crippen molar-refractivity contribution >= 4 is 26.5 Å². The highest BCUT2D eigenvalue weighted by Crippen LogP contribution is 2.36. The van der Waals surface area contributed by atoms with Gasteiger partial charge in [-0.3, -0.25) is 9.71 Å². The molecule has 0 saturated heterocycles. The molecule has 11 heteroatoms. The molecule has 5 rings (SSSR count). The number of thiazole rings is 1. The fourth-order valence-corrected chi connectivity index (χ4v) is 5.05. The predicted octanol–water partition coefficient (Wildman–Crippen LogP) is 5.32. The molecule has 0 unspecified atom stereocenters. The summed E-state index contributed by atoms with van der Waals surface area (Å²) in [6.07, 6.45) is 7.91. The Balaban J connectivity index is 1.50. The molecule has 0 bridgehead atoms. The average molecular weight is 502 g/mol. The third kappa shape index (κ3) is 4.74. The first kappa shape index (κ1) is 22.3. The van der Waals surface area contributed by atoms with E-state index in [9.17, 15) is 13.7 Å². The third-order valence-electron chi connectivity index (χ3n) is 4.88. The Labute approximate surface area is 204 Å². The zero-order chi connectivity index (χ0) is 24.3. The van der Waals surface area contributed by atoms with E-state index in [1.165, 1.54) is 36.9 Å². The highest BCUT2D eigenvalue weighted by molar-refractivity contribution is 7.93. The van der Waals surface area contributed by atoms with Gasteiger partial charge < -0.3 is 9.15 Å². The van der Waals surface area contributed by atoms with E-state index in [0.29, 0.717) is 22.7 Å². The Bertz CT molecular complexity index is 1610. The number of pyridine rings is 2. The number of hydrogen-bond donors (Lipinski definition) is 1. The molecule has 0 aliphatic heterocycles. The van der Waals surface area contributed by atoms with Gasteiger partial charge in [0.25, 0.3) is 10.0 Å². The number of rotatable bonds is 7. The molecule has 5 aromatic rings. The summed E-state index contributed by atoms with van der Waals surface area (Å²) in [5.74, 6) is 0.557. The SMILES string of the molecule is N#Cc1cc(S(=O)(=O)Nc2nccs2)ccc1Oc1ccc(-c2ccncc2)nc1-c1ccoc1. The Morgan fingerprint density at radius 3 is 2.54 bits per heavy atom. The Morgan fingerprint density at radius 2 is 1.83 bits per heavy atom. The number of nitrogens with one attached hydrogen (secondary N) is 1. The van der Waals surface area contributed by atoms with Gasteiger partial charge in [0.15, 0.2) is 10.9 Å². The third-order valence-corrected chi connectivity index (χ3v) is 7.04. The molecule has 1 N–H and O–H groups in total. The summed E-state index contributed by atoms with van der Waals surface area (Å²) in [6, 6.07) is 15.0. The summed E-state index contributed by atoms with van der Waals surface area (Å²) < 4.78 is 39.1. The van der Waals surface area contributed by atoms with Crippen LogP contribution in [0.2, 0.25) is 0 Å². The van der Waals surface area contributed by atoms with Crippen LogP contribution in [0.15, 0.2) is 94.3 Å². The number of benzene rings is 1. The molecule has 0 radical (unpaired) electrons. The maximum Gasteiger partial charge on any atom is 0.263 e. The standard InChI is InChI=1S/C24H15N5O4S2/c25-14-18-13-19(35(30,31)29-24-27-10-12-34-24)1-3-21(18)33-22-4-2-20(16-5-8-26-9-6-16)28-23(22)17-7-11-32-15-17/h1-13,15H,(H,27,29). The van der Waals surface area contributed by atoms with Crippen molar-refractivity contribution in [3.63, 3.8) is 0 Å². The van der Waals surface area contributed by atoms with E-state index in [1.54, 1.807) is 36.0 Å². The quantitative estimate of drug-likeness (QED) is 0.317. The smallest absolute Gasteiger partial charge is 0.263 e. The number of nitriles is 1. The van der Waals surface area contributed by atoms with Crippen molar-refractivity contribution in [3.05, 3.63) is 90.6 Å². The van der Waals surface area contributed by atoms with Crippen molar-refractivity contribution in [1.82, 2.24) is 15.0 Å². The second kappa shape index (κ2) is 9.38. The first-order chi connectivity index (χ1) is 17.0. The molecule has 35 heavy (non-hydrogen) atoms. The number of furan rings is 1. The minimum atomic E-state index is -3.92. The number of aromatic nitrogens is 3. The molecule has 0 spiro atoms. The first-order valence-electron chi connectivity index (χ1n) is 10.1. The Kier molecular flexibility index (Phi) is 5.97. The van der Waals surface area contributed by atoms with E-state index in [2.05, 4.69) is 14.7 Å². The summed E-state index contributed by atoms with van der Waals surface area (Å²) in [6.45, 7) is 0. The predicted molar refractivity (Wildman–Crippen MR) is 129 cm³/mol. The molecule has 0 atom stereocenters. The molecule has 4 aromatic heterocycles. The molecule has 0 saturated carbocycles. The van der Waals surface area contributed by atoms with Gasteiger partial charge in [-0.1, -0.05) is 0 Å². The summed E-state index contributed by atoms with van der Waals surface area (Å²) in [5.41, 5.74) is 2.80. The Hall–Kier alpha value is -4.53. The van der Waals surface area contributed by atoms with Crippen LogP contribution in [0.25, 0.3) is 22.5 Å². The molecule has 172 valence electrons. The van der Waals surface area contributed by atoms with Gasteiger partial charge in [-0.15, -0.1) is 11.3 Å². The highest BCUT2D eigenvalue weighted by atomic mass is 32.2. The molecule has 9 nitrogen and oxygen atoms in total. The number of sulfonamides is 1. The molecular formula is C24H15N5O4S2. The van der Waals surface area contributed by atoms with Crippen LogP contribution >= 0.6 is 11.3 Å². The number of anilines is 1. The van der Waals surface area contributed by atoms with Gasteiger partial charge in [0.05, 0.1) is 28.7 Å². The molecule has 4 heterocycles. The van der Waals surface area contributed by atoms with Crippen LogP contribution < -0.4 is 9.46 Å². The van der Waals surface area contributed by atoms with Gasteiger partial charge in [-0.05, 0) is 48.5 Å². The van der Waals surface area contributed by atoms with Crippen LogP contribution in [0.4, 0.5) is 5.13 Å².